The lowest BCUT2D eigenvalue weighted by atomic mass is 10.3. The van der Waals surface area contributed by atoms with E-state index in [1.807, 2.05) is 0 Å². The van der Waals surface area contributed by atoms with Crippen LogP contribution in [0, 0.1) is 11.6 Å². The van der Waals surface area contributed by atoms with Crippen molar-refractivity contribution in [2.45, 2.75) is 26.4 Å². The molecule has 0 radical (unpaired) electrons. The van der Waals surface area contributed by atoms with Crippen molar-refractivity contribution in [2.75, 3.05) is 0 Å². The summed E-state index contributed by atoms with van der Waals surface area (Å²) >= 11 is 0. The van der Waals surface area contributed by atoms with E-state index < -0.39 is 11.6 Å². The number of aromatic nitrogens is 2. The lowest BCUT2D eigenvalue weighted by molar-refractivity contribution is 0.507. The van der Waals surface area contributed by atoms with Crippen molar-refractivity contribution in [3.8, 4) is 5.69 Å². The quantitative estimate of drug-likeness (QED) is 0.905. The summed E-state index contributed by atoms with van der Waals surface area (Å²) < 4.78 is 27.4. The van der Waals surface area contributed by atoms with Gasteiger partial charge in [0.15, 0.2) is 11.6 Å². The summed E-state index contributed by atoms with van der Waals surface area (Å²) in [7, 11) is 0. The maximum absolute atomic E-state index is 13.1. The van der Waals surface area contributed by atoms with Gasteiger partial charge in [0.25, 0.3) is 0 Å². The summed E-state index contributed by atoms with van der Waals surface area (Å²) in [5.41, 5.74) is 1.50. The molecule has 0 fully saturated rings. The molecule has 1 aromatic carbocycles. The molecular weight excluding hydrogens is 236 g/mol. The van der Waals surface area contributed by atoms with Gasteiger partial charge in [-0.1, -0.05) is 13.8 Å². The SMILES string of the molecule is CC(C)NCc1cnn(-c2ccc(F)c(F)c2)c1. The molecule has 0 atom stereocenters. The molecule has 0 unspecified atom stereocenters. The van der Waals surface area contributed by atoms with Crippen LogP contribution in [-0.4, -0.2) is 15.8 Å². The number of benzene rings is 1. The van der Waals surface area contributed by atoms with Crippen molar-refractivity contribution < 1.29 is 8.78 Å². The summed E-state index contributed by atoms with van der Waals surface area (Å²) in [6.45, 7) is 4.81. The van der Waals surface area contributed by atoms with Crippen LogP contribution in [0.15, 0.2) is 30.6 Å². The third kappa shape index (κ3) is 2.92. The summed E-state index contributed by atoms with van der Waals surface area (Å²) in [6, 6.07) is 4.10. The van der Waals surface area contributed by atoms with Gasteiger partial charge in [0.2, 0.25) is 0 Å². The first-order chi connectivity index (χ1) is 8.56. The standard InChI is InChI=1S/C13H15F2N3/c1-9(2)16-6-10-7-17-18(8-10)11-3-4-12(14)13(15)5-11/h3-5,7-9,16H,6H2,1-2H3. The molecule has 96 valence electrons. The Hall–Kier alpha value is -1.75. The van der Waals surface area contributed by atoms with Crippen LogP contribution in [0.3, 0.4) is 0 Å². The normalized spacial score (nSPS) is 11.2. The maximum atomic E-state index is 13.1. The van der Waals surface area contributed by atoms with Crippen LogP contribution < -0.4 is 5.32 Å². The zero-order valence-electron chi connectivity index (χ0n) is 10.3. The molecule has 0 spiro atoms. The molecule has 2 rings (SSSR count). The van der Waals surface area contributed by atoms with E-state index in [0.717, 1.165) is 17.7 Å². The Morgan fingerprint density at radius 3 is 2.72 bits per heavy atom. The van der Waals surface area contributed by atoms with Crippen LogP contribution in [0.25, 0.3) is 5.69 Å². The van der Waals surface area contributed by atoms with E-state index in [1.54, 1.807) is 12.4 Å². The minimum atomic E-state index is -0.871. The van der Waals surface area contributed by atoms with Crippen LogP contribution in [0.4, 0.5) is 8.78 Å². The summed E-state index contributed by atoms with van der Waals surface area (Å²) in [6.07, 6.45) is 3.50. The molecule has 0 bridgehead atoms. The van der Waals surface area contributed by atoms with Gasteiger partial charge in [-0.3, -0.25) is 0 Å². The van der Waals surface area contributed by atoms with Gasteiger partial charge in [-0.15, -0.1) is 0 Å². The molecule has 3 nitrogen and oxygen atoms in total. The number of nitrogens with one attached hydrogen (secondary N) is 1. The first kappa shape index (κ1) is 12.7. The maximum Gasteiger partial charge on any atom is 0.160 e. The second kappa shape index (κ2) is 5.27. The average Bonchev–Trinajstić information content (AvgIpc) is 2.79. The zero-order chi connectivity index (χ0) is 13.1. The Morgan fingerprint density at radius 1 is 1.28 bits per heavy atom. The van der Waals surface area contributed by atoms with Crippen molar-refractivity contribution in [1.82, 2.24) is 15.1 Å². The molecule has 0 aliphatic rings. The third-order valence-corrected chi connectivity index (χ3v) is 2.52. The van der Waals surface area contributed by atoms with Gasteiger partial charge in [0.1, 0.15) is 0 Å². The van der Waals surface area contributed by atoms with Crippen molar-refractivity contribution >= 4 is 0 Å². The number of hydrogen-bond donors (Lipinski definition) is 1. The topological polar surface area (TPSA) is 29.9 Å². The predicted molar refractivity (Wildman–Crippen MR) is 65.5 cm³/mol. The summed E-state index contributed by atoms with van der Waals surface area (Å²) in [5, 5.41) is 7.38. The Bertz CT molecular complexity index is 535. The van der Waals surface area contributed by atoms with Gasteiger partial charge >= 0.3 is 0 Å². The van der Waals surface area contributed by atoms with Crippen LogP contribution >= 0.6 is 0 Å². The van der Waals surface area contributed by atoms with Gasteiger partial charge < -0.3 is 5.32 Å². The van der Waals surface area contributed by atoms with Gasteiger partial charge in [-0.05, 0) is 12.1 Å². The van der Waals surface area contributed by atoms with Gasteiger partial charge in [-0.25, -0.2) is 13.5 Å². The Kier molecular flexibility index (Phi) is 3.72. The lowest BCUT2D eigenvalue weighted by Gasteiger charge is -2.05. The average molecular weight is 251 g/mol. The van der Waals surface area contributed by atoms with E-state index in [1.165, 1.54) is 10.7 Å². The molecule has 0 amide bonds. The lowest BCUT2D eigenvalue weighted by Crippen LogP contribution is -2.21. The van der Waals surface area contributed by atoms with Crippen LogP contribution in [0.2, 0.25) is 0 Å². The van der Waals surface area contributed by atoms with E-state index in [2.05, 4.69) is 24.3 Å². The molecule has 0 aliphatic carbocycles. The fourth-order valence-corrected chi connectivity index (χ4v) is 1.54. The van der Waals surface area contributed by atoms with E-state index in [9.17, 15) is 8.78 Å². The van der Waals surface area contributed by atoms with Gasteiger partial charge in [0, 0.05) is 30.4 Å². The number of halogens is 2. The van der Waals surface area contributed by atoms with Gasteiger partial charge in [0.05, 0.1) is 11.9 Å². The van der Waals surface area contributed by atoms with E-state index in [0.29, 0.717) is 18.3 Å². The summed E-state index contributed by atoms with van der Waals surface area (Å²) in [4.78, 5) is 0. The zero-order valence-corrected chi connectivity index (χ0v) is 10.3. The number of hydrogen-bond acceptors (Lipinski definition) is 2. The minimum absolute atomic E-state index is 0.386. The molecule has 1 aromatic heterocycles. The molecule has 1 heterocycles. The Morgan fingerprint density at radius 2 is 2.06 bits per heavy atom. The van der Waals surface area contributed by atoms with Crippen molar-refractivity contribution in [3.63, 3.8) is 0 Å². The van der Waals surface area contributed by atoms with Crippen LogP contribution in [0.1, 0.15) is 19.4 Å². The number of nitrogens with zero attached hydrogens (tertiary/aromatic N) is 2. The highest BCUT2D eigenvalue weighted by Gasteiger charge is 2.06. The highest BCUT2D eigenvalue weighted by atomic mass is 19.2. The first-order valence-electron chi connectivity index (χ1n) is 5.78. The second-order valence-electron chi connectivity index (χ2n) is 4.43. The molecular formula is C13H15F2N3. The van der Waals surface area contributed by atoms with Crippen LogP contribution in [-0.2, 0) is 6.54 Å². The molecule has 2 aromatic rings. The van der Waals surface area contributed by atoms with E-state index >= 15 is 0 Å². The molecule has 0 saturated carbocycles. The highest BCUT2D eigenvalue weighted by Crippen LogP contribution is 2.13. The largest absolute Gasteiger partial charge is 0.310 e. The fraction of sp³-hybridized carbons (Fsp3) is 0.308. The summed E-state index contributed by atoms with van der Waals surface area (Å²) in [5.74, 6) is -1.72. The molecule has 1 N–H and O–H groups in total. The Labute approximate surface area is 104 Å². The first-order valence-corrected chi connectivity index (χ1v) is 5.78. The molecule has 0 saturated heterocycles. The Balaban J connectivity index is 2.16. The van der Waals surface area contributed by atoms with E-state index in [4.69, 9.17) is 0 Å². The van der Waals surface area contributed by atoms with E-state index in [-0.39, 0.29) is 0 Å². The van der Waals surface area contributed by atoms with Crippen molar-refractivity contribution in [3.05, 3.63) is 47.8 Å². The molecule has 0 aliphatic heterocycles. The van der Waals surface area contributed by atoms with Crippen molar-refractivity contribution in [2.24, 2.45) is 0 Å². The molecule has 18 heavy (non-hydrogen) atoms. The highest BCUT2D eigenvalue weighted by molar-refractivity contribution is 5.32. The monoisotopic (exact) mass is 251 g/mol. The van der Waals surface area contributed by atoms with Crippen molar-refractivity contribution in [1.29, 1.82) is 0 Å². The third-order valence-electron chi connectivity index (χ3n) is 2.52. The van der Waals surface area contributed by atoms with Gasteiger partial charge in [-0.2, -0.15) is 5.10 Å². The smallest absolute Gasteiger partial charge is 0.160 e. The fourth-order valence-electron chi connectivity index (χ4n) is 1.54. The predicted octanol–water partition coefficient (Wildman–Crippen LogP) is 2.65. The second-order valence-corrected chi connectivity index (χ2v) is 4.43. The minimum Gasteiger partial charge on any atom is -0.310 e. The number of rotatable bonds is 4. The van der Waals surface area contributed by atoms with Crippen LogP contribution in [0.5, 0.6) is 0 Å². The molecule has 5 heteroatoms.